The molecule has 0 aromatic heterocycles. The van der Waals surface area contributed by atoms with Crippen LogP contribution >= 0.6 is 0 Å². The molecular formula is C53H109N. The molecule has 0 amide bonds. The Bertz CT molecular complexity index is 548. The summed E-state index contributed by atoms with van der Waals surface area (Å²) < 4.78 is 0. The highest BCUT2D eigenvalue weighted by molar-refractivity contribution is 4.55. The molecule has 0 atom stereocenters. The number of rotatable bonds is 51. The van der Waals surface area contributed by atoms with Crippen molar-refractivity contribution < 1.29 is 0 Å². The predicted molar refractivity (Wildman–Crippen MR) is 250 cm³/mol. The largest absolute Gasteiger partial charge is 0.320 e. The minimum absolute atomic E-state index is 1.19. The molecule has 0 bridgehead atoms. The van der Waals surface area contributed by atoms with Gasteiger partial charge in [0.1, 0.15) is 0 Å². The van der Waals surface area contributed by atoms with Gasteiger partial charge in [-0.3, -0.25) is 0 Å². The van der Waals surface area contributed by atoms with Crippen molar-refractivity contribution in [3.05, 3.63) is 0 Å². The van der Waals surface area contributed by atoms with Gasteiger partial charge in [-0.2, -0.15) is 0 Å². The van der Waals surface area contributed by atoms with Crippen LogP contribution in [0.4, 0.5) is 0 Å². The first-order valence-electron chi connectivity index (χ1n) is 26.6. The second kappa shape index (κ2) is 53.0. The fraction of sp³-hybridized carbons (Fsp3) is 1.00. The molecule has 0 saturated carbocycles. The average Bonchev–Trinajstić information content (AvgIpc) is 3.18. The van der Waals surface area contributed by atoms with E-state index < -0.39 is 0 Å². The fourth-order valence-corrected chi connectivity index (χ4v) is 8.86. The smallest absolute Gasteiger partial charge is 0.00519 e. The van der Waals surface area contributed by atoms with Crippen LogP contribution in [0.25, 0.3) is 0 Å². The molecule has 54 heavy (non-hydrogen) atoms. The molecule has 1 heteroatoms. The Morgan fingerprint density at radius 2 is 0.278 bits per heavy atom. The predicted octanol–water partition coefficient (Wildman–Crippen LogP) is 19.7. The first kappa shape index (κ1) is 54.0. The van der Waals surface area contributed by atoms with Crippen LogP contribution in [0.15, 0.2) is 0 Å². The zero-order chi connectivity index (χ0) is 38.8. The molecular weight excluding hydrogens is 651 g/mol. The molecule has 0 rings (SSSR count). The van der Waals surface area contributed by atoms with Crippen LogP contribution in [-0.2, 0) is 0 Å². The Kier molecular flexibility index (Phi) is 52.9. The maximum absolute atomic E-state index is 3.25. The third kappa shape index (κ3) is 52.0. The van der Waals surface area contributed by atoms with E-state index in [2.05, 4.69) is 19.3 Å². The van der Waals surface area contributed by atoms with E-state index in [4.69, 9.17) is 0 Å². The maximum atomic E-state index is 3.25. The standard InChI is InChI=1S/C53H109N/c1-3-4-5-6-7-8-9-10-11-12-13-14-15-16-17-18-19-20-21-22-23-24-25-26-27-28-29-30-31-32-33-34-35-36-37-38-39-40-41-42-43-44-45-46-47-48-49-50-51-52-53-54-2/h54H,3-53H2,1-2H3. The van der Waals surface area contributed by atoms with Gasteiger partial charge in [0.15, 0.2) is 0 Å². The highest BCUT2D eigenvalue weighted by atomic mass is 14.8. The molecule has 0 saturated heterocycles. The van der Waals surface area contributed by atoms with Crippen molar-refractivity contribution in [2.45, 2.75) is 328 Å². The zero-order valence-electron chi connectivity index (χ0n) is 38.6. The highest BCUT2D eigenvalue weighted by Gasteiger charge is 1.99. The number of hydrogen-bond acceptors (Lipinski definition) is 1. The van der Waals surface area contributed by atoms with Crippen LogP contribution in [0.2, 0.25) is 0 Å². The lowest BCUT2D eigenvalue weighted by Gasteiger charge is -2.05. The first-order chi connectivity index (χ1) is 26.9. The van der Waals surface area contributed by atoms with E-state index in [0.29, 0.717) is 0 Å². The SMILES string of the molecule is CCCCCCCCCCCCCCCCCCCCCCCCCCCCCCCCCCCCCCCCCCCCCCCCCCCCNC. The van der Waals surface area contributed by atoms with Crippen LogP contribution in [0.1, 0.15) is 328 Å². The lowest BCUT2D eigenvalue weighted by Crippen LogP contribution is -2.06. The summed E-state index contributed by atoms with van der Waals surface area (Å²) in [6.45, 7) is 3.51. The maximum Gasteiger partial charge on any atom is -0.00519 e. The first-order valence-corrected chi connectivity index (χ1v) is 26.6. The lowest BCUT2D eigenvalue weighted by atomic mass is 10.0. The number of hydrogen-bond donors (Lipinski definition) is 1. The van der Waals surface area contributed by atoms with Crippen LogP contribution < -0.4 is 5.32 Å². The van der Waals surface area contributed by atoms with Gasteiger partial charge in [0.25, 0.3) is 0 Å². The van der Waals surface area contributed by atoms with E-state index in [0.717, 1.165) is 0 Å². The van der Waals surface area contributed by atoms with Crippen molar-refractivity contribution in [3.8, 4) is 0 Å². The Hall–Kier alpha value is -0.0400. The van der Waals surface area contributed by atoms with Gasteiger partial charge in [-0.15, -0.1) is 0 Å². The molecule has 326 valence electrons. The minimum atomic E-state index is 1.19. The summed E-state index contributed by atoms with van der Waals surface area (Å²) in [5.74, 6) is 0. The second-order valence-electron chi connectivity index (χ2n) is 18.4. The van der Waals surface area contributed by atoms with Gasteiger partial charge in [0, 0.05) is 0 Å². The van der Waals surface area contributed by atoms with E-state index in [9.17, 15) is 0 Å². The quantitative estimate of drug-likeness (QED) is 0.0609. The summed E-state index contributed by atoms with van der Waals surface area (Å²) in [6.07, 6.45) is 74.2. The summed E-state index contributed by atoms with van der Waals surface area (Å²) in [5.41, 5.74) is 0. The minimum Gasteiger partial charge on any atom is -0.320 e. The van der Waals surface area contributed by atoms with E-state index in [1.807, 2.05) is 0 Å². The Labute approximate surface area is 345 Å². The van der Waals surface area contributed by atoms with Gasteiger partial charge < -0.3 is 5.32 Å². The monoisotopic (exact) mass is 760 g/mol. The van der Waals surface area contributed by atoms with E-state index in [-0.39, 0.29) is 0 Å². The molecule has 0 aliphatic carbocycles. The van der Waals surface area contributed by atoms with Gasteiger partial charge in [-0.25, -0.2) is 0 Å². The Morgan fingerprint density at radius 3 is 0.389 bits per heavy atom. The van der Waals surface area contributed by atoms with Crippen molar-refractivity contribution in [2.75, 3.05) is 13.6 Å². The number of unbranched alkanes of at least 4 members (excludes halogenated alkanes) is 49. The van der Waals surface area contributed by atoms with Gasteiger partial charge in [-0.05, 0) is 20.0 Å². The zero-order valence-corrected chi connectivity index (χ0v) is 38.6. The van der Waals surface area contributed by atoms with Crippen molar-refractivity contribution in [1.29, 1.82) is 0 Å². The second-order valence-corrected chi connectivity index (χ2v) is 18.4. The highest BCUT2D eigenvalue weighted by Crippen LogP contribution is 2.18. The third-order valence-corrected chi connectivity index (χ3v) is 12.8. The normalized spacial score (nSPS) is 11.7. The van der Waals surface area contributed by atoms with Crippen molar-refractivity contribution in [1.82, 2.24) is 5.32 Å². The fourth-order valence-electron chi connectivity index (χ4n) is 8.86. The van der Waals surface area contributed by atoms with Gasteiger partial charge in [-0.1, -0.05) is 322 Å². The molecule has 0 radical (unpaired) electrons. The molecule has 0 unspecified atom stereocenters. The van der Waals surface area contributed by atoms with Crippen LogP contribution in [-0.4, -0.2) is 13.6 Å². The summed E-state index contributed by atoms with van der Waals surface area (Å²) in [7, 11) is 2.06. The molecule has 0 aliphatic heterocycles. The summed E-state index contributed by atoms with van der Waals surface area (Å²) in [6, 6.07) is 0. The van der Waals surface area contributed by atoms with Crippen LogP contribution in [0.5, 0.6) is 0 Å². The van der Waals surface area contributed by atoms with Crippen molar-refractivity contribution in [3.63, 3.8) is 0 Å². The van der Waals surface area contributed by atoms with Crippen LogP contribution in [0, 0.1) is 0 Å². The van der Waals surface area contributed by atoms with Crippen LogP contribution in [0.3, 0.4) is 0 Å². The van der Waals surface area contributed by atoms with E-state index in [1.165, 1.54) is 328 Å². The third-order valence-electron chi connectivity index (χ3n) is 12.8. The average molecular weight is 760 g/mol. The van der Waals surface area contributed by atoms with Gasteiger partial charge in [0.05, 0.1) is 0 Å². The van der Waals surface area contributed by atoms with Crippen molar-refractivity contribution >= 4 is 0 Å². The number of nitrogens with one attached hydrogen (secondary N) is 1. The molecule has 0 aromatic rings. The van der Waals surface area contributed by atoms with E-state index in [1.54, 1.807) is 0 Å². The molecule has 0 spiro atoms. The van der Waals surface area contributed by atoms with Gasteiger partial charge in [0.2, 0.25) is 0 Å². The lowest BCUT2D eigenvalue weighted by molar-refractivity contribution is 0.507. The molecule has 1 N–H and O–H groups in total. The molecule has 0 aliphatic rings. The topological polar surface area (TPSA) is 12.0 Å². The molecule has 1 nitrogen and oxygen atoms in total. The Balaban J connectivity index is 3.05. The molecule has 0 heterocycles. The molecule has 0 aromatic carbocycles. The van der Waals surface area contributed by atoms with Crippen molar-refractivity contribution in [2.24, 2.45) is 0 Å². The molecule has 0 fully saturated rings. The van der Waals surface area contributed by atoms with E-state index >= 15 is 0 Å². The summed E-state index contributed by atoms with van der Waals surface area (Å²) >= 11 is 0. The Morgan fingerprint density at radius 1 is 0.167 bits per heavy atom. The van der Waals surface area contributed by atoms with Gasteiger partial charge >= 0.3 is 0 Å². The summed E-state index contributed by atoms with van der Waals surface area (Å²) in [4.78, 5) is 0. The summed E-state index contributed by atoms with van der Waals surface area (Å²) in [5, 5.41) is 3.25.